The highest BCUT2D eigenvalue weighted by Gasteiger charge is 2.16. The summed E-state index contributed by atoms with van der Waals surface area (Å²) >= 11 is 0. The lowest BCUT2D eigenvalue weighted by atomic mass is 10.0. The standard InChI is InChI=1S/C16H23NO2/c1-12-5-4-7-14(10-9-12)17-11-13-6-2-3-8-15(13)16(18)19/h2-3,6,8,12,14,17H,4-5,7,9-11H2,1H3,(H,18,19). The predicted molar refractivity (Wildman–Crippen MR) is 76.3 cm³/mol. The van der Waals surface area contributed by atoms with Gasteiger partial charge in [-0.3, -0.25) is 0 Å². The van der Waals surface area contributed by atoms with Crippen molar-refractivity contribution in [3.63, 3.8) is 0 Å². The fourth-order valence-electron chi connectivity index (χ4n) is 2.83. The number of carboxylic acid groups (broad SMARTS) is 1. The Morgan fingerprint density at radius 3 is 2.84 bits per heavy atom. The molecule has 2 unspecified atom stereocenters. The topological polar surface area (TPSA) is 49.3 Å². The van der Waals surface area contributed by atoms with Crippen molar-refractivity contribution in [1.29, 1.82) is 0 Å². The molecular formula is C16H23NO2. The van der Waals surface area contributed by atoms with Crippen molar-refractivity contribution in [1.82, 2.24) is 5.32 Å². The van der Waals surface area contributed by atoms with E-state index in [2.05, 4.69) is 12.2 Å². The van der Waals surface area contributed by atoms with E-state index in [1.54, 1.807) is 12.1 Å². The quantitative estimate of drug-likeness (QED) is 0.816. The SMILES string of the molecule is CC1CCCC(NCc2ccccc2C(=O)O)CC1. The molecule has 0 heterocycles. The minimum absolute atomic E-state index is 0.414. The highest BCUT2D eigenvalue weighted by Crippen LogP contribution is 2.23. The van der Waals surface area contributed by atoms with Crippen molar-refractivity contribution >= 4 is 5.97 Å². The maximum Gasteiger partial charge on any atom is 0.336 e. The Hall–Kier alpha value is -1.35. The first-order valence-corrected chi connectivity index (χ1v) is 7.21. The maximum atomic E-state index is 11.1. The molecule has 1 aromatic carbocycles. The van der Waals surface area contributed by atoms with Gasteiger partial charge in [-0.1, -0.05) is 38.0 Å². The second kappa shape index (κ2) is 6.71. The molecule has 0 amide bonds. The summed E-state index contributed by atoms with van der Waals surface area (Å²) in [5, 5.41) is 12.7. The van der Waals surface area contributed by atoms with E-state index < -0.39 is 5.97 Å². The van der Waals surface area contributed by atoms with E-state index in [9.17, 15) is 4.79 Å². The van der Waals surface area contributed by atoms with Gasteiger partial charge in [0.2, 0.25) is 0 Å². The van der Waals surface area contributed by atoms with Crippen LogP contribution in [0.5, 0.6) is 0 Å². The highest BCUT2D eigenvalue weighted by molar-refractivity contribution is 5.89. The molecule has 0 aliphatic heterocycles. The van der Waals surface area contributed by atoms with Gasteiger partial charge < -0.3 is 10.4 Å². The van der Waals surface area contributed by atoms with Crippen LogP contribution in [0.1, 0.15) is 54.9 Å². The van der Waals surface area contributed by atoms with Crippen molar-refractivity contribution in [3.05, 3.63) is 35.4 Å². The van der Waals surface area contributed by atoms with Crippen molar-refractivity contribution < 1.29 is 9.90 Å². The Morgan fingerprint density at radius 2 is 2.05 bits per heavy atom. The lowest BCUT2D eigenvalue weighted by Crippen LogP contribution is -2.28. The number of hydrogen-bond acceptors (Lipinski definition) is 2. The first-order chi connectivity index (χ1) is 9.16. The molecule has 1 aromatic rings. The molecule has 2 rings (SSSR count). The zero-order valence-electron chi connectivity index (χ0n) is 11.6. The van der Waals surface area contributed by atoms with Gasteiger partial charge in [-0.05, 0) is 36.8 Å². The van der Waals surface area contributed by atoms with Gasteiger partial charge in [0.25, 0.3) is 0 Å². The number of aromatic carboxylic acids is 1. The Kier molecular flexibility index (Phi) is 4.97. The lowest BCUT2D eigenvalue weighted by molar-refractivity contribution is 0.0695. The normalized spacial score (nSPS) is 23.8. The Labute approximate surface area is 115 Å². The van der Waals surface area contributed by atoms with Gasteiger partial charge in [-0.15, -0.1) is 0 Å². The van der Waals surface area contributed by atoms with Crippen molar-refractivity contribution in [2.24, 2.45) is 5.92 Å². The van der Waals surface area contributed by atoms with E-state index in [0.29, 0.717) is 18.2 Å². The molecule has 2 atom stereocenters. The molecule has 2 N–H and O–H groups in total. The molecule has 0 radical (unpaired) electrons. The zero-order chi connectivity index (χ0) is 13.7. The van der Waals surface area contributed by atoms with E-state index in [0.717, 1.165) is 11.5 Å². The van der Waals surface area contributed by atoms with Gasteiger partial charge in [-0.25, -0.2) is 4.79 Å². The summed E-state index contributed by atoms with van der Waals surface area (Å²) in [6.45, 7) is 2.98. The fraction of sp³-hybridized carbons (Fsp3) is 0.562. The number of rotatable bonds is 4. The van der Waals surface area contributed by atoms with Gasteiger partial charge in [0, 0.05) is 12.6 Å². The summed E-state index contributed by atoms with van der Waals surface area (Å²) in [5.41, 5.74) is 1.30. The van der Waals surface area contributed by atoms with Crippen LogP contribution >= 0.6 is 0 Å². The van der Waals surface area contributed by atoms with Crippen molar-refractivity contribution in [2.75, 3.05) is 0 Å². The van der Waals surface area contributed by atoms with Crippen LogP contribution in [-0.4, -0.2) is 17.1 Å². The van der Waals surface area contributed by atoms with Gasteiger partial charge >= 0.3 is 5.97 Å². The van der Waals surface area contributed by atoms with Crippen LogP contribution < -0.4 is 5.32 Å². The molecule has 3 nitrogen and oxygen atoms in total. The van der Waals surface area contributed by atoms with Crippen LogP contribution in [0.2, 0.25) is 0 Å². The van der Waals surface area contributed by atoms with Crippen molar-refractivity contribution in [2.45, 2.75) is 51.6 Å². The summed E-state index contributed by atoms with van der Waals surface area (Å²) in [7, 11) is 0. The molecule has 0 saturated heterocycles. The average molecular weight is 261 g/mol. The smallest absolute Gasteiger partial charge is 0.336 e. The third-order valence-electron chi connectivity index (χ3n) is 4.09. The Morgan fingerprint density at radius 1 is 1.26 bits per heavy atom. The predicted octanol–water partition coefficient (Wildman–Crippen LogP) is 3.44. The molecule has 1 aliphatic carbocycles. The van der Waals surface area contributed by atoms with Crippen LogP contribution in [0.15, 0.2) is 24.3 Å². The number of benzene rings is 1. The van der Waals surface area contributed by atoms with Crippen LogP contribution in [0.3, 0.4) is 0 Å². The van der Waals surface area contributed by atoms with E-state index in [-0.39, 0.29) is 0 Å². The molecule has 0 aromatic heterocycles. The summed E-state index contributed by atoms with van der Waals surface area (Å²) in [6.07, 6.45) is 6.29. The second-order valence-electron chi connectivity index (χ2n) is 5.65. The minimum atomic E-state index is -0.841. The first-order valence-electron chi connectivity index (χ1n) is 7.21. The summed E-state index contributed by atoms with van der Waals surface area (Å²) < 4.78 is 0. The van der Waals surface area contributed by atoms with Gasteiger partial charge in [0.15, 0.2) is 0 Å². The number of hydrogen-bond donors (Lipinski definition) is 2. The van der Waals surface area contributed by atoms with E-state index in [1.807, 2.05) is 12.1 Å². The van der Waals surface area contributed by atoms with E-state index >= 15 is 0 Å². The highest BCUT2D eigenvalue weighted by atomic mass is 16.4. The third-order valence-corrected chi connectivity index (χ3v) is 4.09. The molecule has 1 saturated carbocycles. The van der Waals surface area contributed by atoms with Crippen LogP contribution in [-0.2, 0) is 6.54 Å². The largest absolute Gasteiger partial charge is 0.478 e. The molecule has 19 heavy (non-hydrogen) atoms. The van der Waals surface area contributed by atoms with Gasteiger partial charge in [0.1, 0.15) is 0 Å². The zero-order valence-corrected chi connectivity index (χ0v) is 11.6. The lowest BCUT2D eigenvalue weighted by Gasteiger charge is -2.17. The fourth-order valence-corrected chi connectivity index (χ4v) is 2.83. The van der Waals surface area contributed by atoms with E-state index in [4.69, 9.17) is 5.11 Å². The summed E-state index contributed by atoms with van der Waals surface area (Å²) in [5.74, 6) is -0.00926. The summed E-state index contributed by atoms with van der Waals surface area (Å²) in [6, 6.07) is 7.79. The second-order valence-corrected chi connectivity index (χ2v) is 5.65. The summed E-state index contributed by atoms with van der Waals surface area (Å²) in [4.78, 5) is 11.1. The minimum Gasteiger partial charge on any atom is -0.478 e. The first kappa shape index (κ1) is 14.1. The van der Waals surface area contributed by atoms with Crippen LogP contribution in [0, 0.1) is 5.92 Å². The molecule has 1 aliphatic rings. The Balaban J connectivity index is 1.93. The number of carbonyl (C=O) groups is 1. The molecule has 0 bridgehead atoms. The Bertz CT molecular complexity index is 431. The molecular weight excluding hydrogens is 238 g/mol. The van der Waals surface area contributed by atoms with E-state index in [1.165, 1.54) is 32.1 Å². The monoisotopic (exact) mass is 261 g/mol. The van der Waals surface area contributed by atoms with Gasteiger partial charge in [-0.2, -0.15) is 0 Å². The third kappa shape index (κ3) is 4.06. The average Bonchev–Trinajstić information content (AvgIpc) is 2.61. The molecule has 0 spiro atoms. The van der Waals surface area contributed by atoms with Crippen molar-refractivity contribution in [3.8, 4) is 0 Å². The molecule has 104 valence electrons. The van der Waals surface area contributed by atoms with Crippen LogP contribution in [0.4, 0.5) is 0 Å². The van der Waals surface area contributed by atoms with Gasteiger partial charge in [0.05, 0.1) is 5.56 Å². The molecule has 1 fully saturated rings. The molecule has 3 heteroatoms. The van der Waals surface area contributed by atoms with Crippen LogP contribution in [0.25, 0.3) is 0 Å². The number of carboxylic acids is 1. The maximum absolute atomic E-state index is 11.1. The number of nitrogens with one attached hydrogen (secondary N) is 1.